The Labute approximate surface area is 478 Å². The molecule has 27 nitrogen and oxygen atoms in total. The predicted octanol–water partition coefficient (Wildman–Crippen LogP) is 0.306. The van der Waals surface area contributed by atoms with Crippen LogP contribution in [0.4, 0.5) is 0 Å². The van der Waals surface area contributed by atoms with Gasteiger partial charge in [0.1, 0.15) is 40.0 Å². The Balaban J connectivity index is 0.00000495. The summed E-state index contributed by atoms with van der Waals surface area (Å²) in [5.74, 6) is -8.69. The van der Waals surface area contributed by atoms with Gasteiger partial charge in [-0.2, -0.15) is 0 Å². The van der Waals surface area contributed by atoms with Crippen LogP contribution in [0.3, 0.4) is 0 Å². The lowest BCUT2D eigenvalue weighted by Crippen LogP contribution is -2.60. The Morgan fingerprint density at radius 3 is 1.35 bits per heavy atom. The molecule has 2 aromatic carbocycles. The first-order chi connectivity index (χ1) is 38.7. The zero-order valence-electron chi connectivity index (χ0n) is 47.1. The summed E-state index contributed by atoms with van der Waals surface area (Å²) in [6, 6.07) is 10.1. The zero-order valence-corrected chi connectivity index (χ0v) is 47.9. The number of carboxylic acid groups (broad SMARTS) is 4. The van der Waals surface area contributed by atoms with Crippen LogP contribution in [0.2, 0.25) is 0 Å². The number of rotatable bonds is 35. The van der Waals surface area contributed by atoms with E-state index in [1.54, 1.807) is 30.3 Å². The number of hydrogen-bond donors (Lipinski definition) is 14. The molecule has 3 rings (SSSR count). The van der Waals surface area contributed by atoms with Crippen molar-refractivity contribution in [3.05, 3.63) is 90.0 Å². The Morgan fingerprint density at radius 1 is 0.524 bits per heavy atom. The largest absolute Gasteiger partial charge is 0.481 e. The summed E-state index contributed by atoms with van der Waals surface area (Å²) in [5, 5.41) is 48.0. The number of sulfone groups is 1. The van der Waals surface area contributed by atoms with Crippen LogP contribution in [0.25, 0.3) is 0 Å². The number of nitrogens with one attached hydrogen (secondary N) is 7. The highest BCUT2D eigenvalue weighted by molar-refractivity contribution is 7.90. The van der Waals surface area contributed by atoms with Gasteiger partial charge < -0.3 is 74.5 Å². The third-order valence-corrected chi connectivity index (χ3v) is 12.3. The summed E-state index contributed by atoms with van der Waals surface area (Å²) in [7, 11) is -3.49. The van der Waals surface area contributed by atoms with Crippen molar-refractivity contribution in [3.63, 3.8) is 0 Å². The average molecular weight is 1180 g/mol. The number of hydrogen-bond acceptors (Lipinski definition) is 16. The van der Waals surface area contributed by atoms with Gasteiger partial charge in [-0.15, -0.1) is 0 Å². The van der Waals surface area contributed by atoms with Gasteiger partial charge in [0, 0.05) is 71.1 Å². The van der Waals surface area contributed by atoms with Crippen molar-refractivity contribution >= 4 is 69.2 Å². The van der Waals surface area contributed by atoms with E-state index in [9.17, 15) is 47.1 Å². The second-order valence-electron chi connectivity index (χ2n) is 19.0. The highest BCUT2D eigenvalue weighted by atomic mass is 32.2. The second-order valence-corrected chi connectivity index (χ2v) is 21.2. The van der Waals surface area contributed by atoms with Crippen LogP contribution in [-0.2, 0) is 77.0 Å². The van der Waals surface area contributed by atoms with E-state index in [1.165, 1.54) is 12.5 Å². The first-order valence-corrected chi connectivity index (χ1v) is 28.7. The molecule has 458 valence electrons. The number of aliphatic carboxylic acids is 4. The minimum absolute atomic E-state index is 0.0605. The zero-order chi connectivity index (χ0) is 62.0. The topological polar surface area (TPSA) is 465 Å². The number of benzene rings is 2. The normalized spacial score (nSPS) is 12.8. The van der Waals surface area contributed by atoms with E-state index in [0.29, 0.717) is 43.7 Å². The molecule has 0 spiro atoms. The van der Waals surface area contributed by atoms with Crippen LogP contribution in [0.1, 0.15) is 115 Å². The highest BCUT2D eigenvalue weighted by Crippen LogP contribution is 2.12. The van der Waals surface area contributed by atoms with Crippen molar-refractivity contribution in [2.24, 2.45) is 17.2 Å². The number of nitrogens with zero attached hydrogens (tertiary/aromatic N) is 1. The number of H-pyrrole nitrogens is 1. The molecule has 0 saturated heterocycles. The van der Waals surface area contributed by atoms with E-state index in [-0.39, 0.29) is 38.0 Å². The first kappa shape index (κ1) is 74.2. The van der Waals surface area contributed by atoms with Gasteiger partial charge in [0.25, 0.3) is 17.9 Å². The molecule has 6 atom stereocenters. The van der Waals surface area contributed by atoms with Gasteiger partial charge in [0.15, 0.2) is 0 Å². The minimum atomic E-state index is -3.49. The monoisotopic (exact) mass is 1180 g/mol. The number of unbranched alkanes of at least 4 members (excludes halogenated alkanes) is 6. The lowest BCUT2D eigenvalue weighted by Gasteiger charge is -2.27. The molecule has 0 saturated carbocycles. The summed E-state index contributed by atoms with van der Waals surface area (Å²) in [6.07, 6.45) is 9.26. The first-order valence-electron chi connectivity index (χ1n) is 26.7. The molecule has 6 amide bonds. The maximum Gasteiger partial charge on any atom is 0.303 e. The molecule has 28 heteroatoms. The molecule has 0 radical (unpaired) electrons. The van der Waals surface area contributed by atoms with E-state index in [4.69, 9.17) is 46.9 Å². The molecule has 3 aromatic rings. The van der Waals surface area contributed by atoms with Crippen LogP contribution in [-0.4, -0.2) is 166 Å². The fourth-order valence-electron chi connectivity index (χ4n) is 7.39. The third-order valence-electron chi connectivity index (χ3n) is 11.4. The van der Waals surface area contributed by atoms with E-state index in [1.807, 2.05) is 30.3 Å². The van der Waals surface area contributed by atoms with Crippen molar-refractivity contribution in [1.82, 2.24) is 41.9 Å². The summed E-state index contributed by atoms with van der Waals surface area (Å²) in [5.41, 5.74) is 19.2. The summed E-state index contributed by atoms with van der Waals surface area (Å²) in [4.78, 5) is 129. The Bertz CT molecular complexity index is 2470. The van der Waals surface area contributed by atoms with Crippen molar-refractivity contribution in [1.29, 1.82) is 0 Å². The molecule has 0 aliphatic rings. The maximum atomic E-state index is 14.5. The van der Waals surface area contributed by atoms with E-state index in [0.717, 1.165) is 71.1 Å². The SMILES string of the molecule is CC(=O)O.CC(=O)O.CC(=O)O.CS(=O)(=O)CC[C@H](N)C(=O)N[C@@H](CCC(=O)O)C(=O)N[C@@H](Cc1cnc[nH]1)C(=O)N[C@@H](Cc1ccccc1)C(=O)N[C@H](CCCCN)C(=O)N[C@@H](Cc1ccccc1)C(=O)NCCCCCCCCN. The molecular weight excluding hydrogens is 1090 g/mol. The van der Waals surface area contributed by atoms with E-state index < -0.39 is 118 Å². The van der Waals surface area contributed by atoms with Crippen LogP contribution in [0.15, 0.2) is 73.2 Å². The van der Waals surface area contributed by atoms with Crippen LogP contribution in [0, 0.1) is 0 Å². The lowest BCUT2D eigenvalue weighted by molar-refractivity contribution is -0.138. The number of amides is 6. The number of aromatic amines is 1. The molecular formula is C54H85N11O16S. The van der Waals surface area contributed by atoms with Gasteiger partial charge in [-0.1, -0.05) is 86.3 Å². The lowest BCUT2D eigenvalue weighted by atomic mass is 10.0. The number of aromatic nitrogens is 2. The Kier molecular flexibility index (Phi) is 38.9. The number of carboxylic acids is 4. The fourth-order valence-corrected chi connectivity index (χ4v) is 8.08. The van der Waals surface area contributed by atoms with Crippen LogP contribution in [0.5, 0.6) is 0 Å². The molecule has 17 N–H and O–H groups in total. The van der Waals surface area contributed by atoms with Gasteiger partial charge in [-0.25, -0.2) is 13.4 Å². The molecule has 0 aliphatic carbocycles. The van der Waals surface area contributed by atoms with Crippen molar-refractivity contribution in [2.75, 3.05) is 31.6 Å². The van der Waals surface area contributed by atoms with E-state index in [2.05, 4.69) is 41.9 Å². The molecule has 0 aliphatic heterocycles. The van der Waals surface area contributed by atoms with Crippen LogP contribution < -0.4 is 49.1 Å². The number of carbonyl (C=O) groups is 10. The Morgan fingerprint density at radius 2 is 0.915 bits per heavy atom. The average Bonchev–Trinajstić information content (AvgIpc) is 3.97. The smallest absolute Gasteiger partial charge is 0.303 e. The number of imidazole rings is 1. The van der Waals surface area contributed by atoms with Crippen molar-refractivity contribution in [2.45, 2.75) is 153 Å². The third kappa shape index (κ3) is 38.7. The Hall–Kier alpha value is -7.82. The molecule has 0 unspecified atom stereocenters. The summed E-state index contributed by atoms with van der Waals surface area (Å²) < 4.78 is 23.4. The number of nitrogens with two attached hydrogens (primary N) is 3. The number of carbonyl (C=O) groups excluding carboxylic acids is 6. The molecule has 0 bridgehead atoms. The van der Waals surface area contributed by atoms with Gasteiger partial charge in [0.2, 0.25) is 35.4 Å². The predicted molar refractivity (Wildman–Crippen MR) is 304 cm³/mol. The van der Waals surface area contributed by atoms with Gasteiger partial charge >= 0.3 is 5.97 Å². The minimum Gasteiger partial charge on any atom is -0.481 e. The fraction of sp³-hybridized carbons (Fsp3) is 0.537. The van der Waals surface area contributed by atoms with Crippen LogP contribution >= 0.6 is 0 Å². The van der Waals surface area contributed by atoms with Gasteiger partial charge in [-0.3, -0.25) is 47.9 Å². The quantitative estimate of drug-likeness (QED) is 0.0352. The maximum absolute atomic E-state index is 14.5. The standard InChI is InChI=1S/C48H73N11O10S.3C2H4O2/c1-70(68,69)27-23-36(51)43(62)55-38(21-22-42(60)61)46(65)59-41(30-35-31-52-32-54-35)48(67)58-40(29-34-18-10-7-11-19-34)47(66)56-37(20-12-14-25-50)45(64)57-39(28-33-16-8-6-9-17-33)44(63)53-26-15-5-3-2-4-13-24-49;3*1-2(3)4/h6-11,16-19,31-32,36-41H,2-5,12-15,20-30,49-51H2,1H3,(H,52,54)(H,53,63)(H,55,62)(H,56,66)(H,57,64)(H,58,67)(H,59,65)(H,60,61);3*1H3,(H,3,4)/t36-,37+,38-,39-,40-,41-;;;/m0.../s1. The molecule has 1 heterocycles. The molecule has 82 heavy (non-hydrogen) atoms. The second kappa shape index (κ2) is 43.0. The van der Waals surface area contributed by atoms with Gasteiger partial charge in [0.05, 0.1) is 18.1 Å². The van der Waals surface area contributed by atoms with Gasteiger partial charge in [-0.05, 0) is 69.2 Å². The van der Waals surface area contributed by atoms with Crippen molar-refractivity contribution in [3.8, 4) is 0 Å². The highest BCUT2D eigenvalue weighted by Gasteiger charge is 2.34. The summed E-state index contributed by atoms with van der Waals surface area (Å²) in [6.45, 7) is 4.64. The molecule has 0 fully saturated rings. The van der Waals surface area contributed by atoms with Crippen molar-refractivity contribution < 1.29 is 76.8 Å². The van der Waals surface area contributed by atoms with E-state index >= 15 is 0 Å². The molecule has 1 aromatic heterocycles. The summed E-state index contributed by atoms with van der Waals surface area (Å²) >= 11 is 0.